The quantitative estimate of drug-likeness (QED) is 0.838. The molecule has 4 heteroatoms. The van der Waals surface area contributed by atoms with Crippen molar-refractivity contribution in [1.29, 1.82) is 0 Å². The number of hydrogen-bond donors (Lipinski definition) is 1. The fraction of sp³-hybridized carbons (Fsp3) is 0.381. The second-order valence-electron chi connectivity index (χ2n) is 7.36. The molecule has 0 bridgehead atoms. The lowest BCUT2D eigenvalue weighted by molar-refractivity contribution is -0.143. The molecule has 1 heterocycles. The maximum atomic E-state index is 12.1. The lowest BCUT2D eigenvalue weighted by Crippen LogP contribution is -2.42. The van der Waals surface area contributed by atoms with Gasteiger partial charge in [0.15, 0.2) is 0 Å². The summed E-state index contributed by atoms with van der Waals surface area (Å²) in [5.41, 5.74) is 3.56. The molecule has 4 rings (SSSR count). The molecule has 1 spiro atoms. The smallest absolute Gasteiger partial charge is 0.308 e. The Balaban J connectivity index is 1.70. The van der Waals surface area contributed by atoms with E-state index < -0.39 is 5.97 Å². The summed E-state index contributed by atoms with van der Waals surface area (Å²) in [6, 6.07) is 16.7. The van der Waals surface area contributed by atoms with Gasteiger partial charge in [0.25, 0.3) is 0 Å². The zero-order valence-electron chi connectivity index (χ0n) is 14.1. The van der Waals surface area contributed by atoms with Gasteiger partial charge in [-0.2, -0.15) is 0 Å². The number of halogens is 1. The molecule has 2 aromatic rings. The Hall–Kier alpha value is -1.65. The Bertz CT molecular complexity index is 792. The number of carboxylic acid groups (broad SMARTS) is 1. The number of likely N-dealkylation sites (tertiary alicyclic amines) is 1. The summed E-state index contributed by atoms with van der Waals surface area (Å²) in [7, 11) is 0. The fourth-order valence-electron chi connectivity index (χ4n) is 4.79. The number of aryl methyl sites for hydroxylation is 1. The molecule has 0 unspecified atom stereocenters. The van der Waals surface area contributed by atoms with Gasteiger partial charge in [-0.25, -0.2) is 0 Å². The predicted molar refractivity (Wildman–Crippen MR) is 102 cm³/mol. The van der Waals surface area contributed by atoms with Gasteiger partial charge in [0.1, 0.15) is 0 Å². The fourth-order valence-corrected chi connectivity index (χ4v) is 5.20. The predicted octanol–water partition coefficient (Wildman–Crippen LogP) is 4.24. The van der Waals surface area contributed by atoms with Crippen molar-refractivity contribution in [1.82, 2.24) is 4.90 Å². The van der Waals surface area contributed by atoms with Gasteiger partial charge in [0.05, 0.1) is 5.92 Å². The van der Waals surface area contributed by atoms with Crippen LogP contribution in [-0.4, -0.2) is 29.1 Å². The number of aliphatic carboxylic acids is 1. The van der Waals surface area contributed by atoms with Crippen LogP contribution >= 0.6 is 15.9 Å². The van der Waals surface area contributed by atoms with E-state index in [4.69, 9.17) is 0 Å². The van der Waals surface area contributed by atoms with Gasteiger partial charge in [-0.3, -0.25) is 9.69 Å². The highest BCUT2D eigenvalue weighted by atomic mass is 79.9. The molecule has 0 saturated carbocycles. The van der Waals surface area contributed by atoms with Crippen LogP contribution in [-0.2, 0) is 23.2 Å². The van der Waals surface area contributed by atoms with Crippen molar-refractivity contribution in [3.63, 3.8) is 0 Å². The van der Waals surface area contributed by atoms with Gasteiger partial charge in [-0.15, -0.1) is 0 Å². The molecule has 1 saturated heterocycles. The van der Waals surface area contributed by atoms with Crippen LogP contribution in [0.2, 0.25) is 0 Å². The van der Waals surface area contributed by atoms with E-state index in [1.165, 1.54) is 16.7 Å². The average Bonchev–Trinajstić information content (AvgIpc) is 2.94. The van der Waals surface area contributed by atoms with Crippen molar-refractivity contribution in [2.24, 2.45) is 5.92 Å². The third kappa shape index (κ3) is 3.02. The van der Waals surface area contributed by atoms with E-state index in [9.17, 15) is 9.90 Å². The third-order valence-electron chi connectivity index (χ3n) is 5.83. The zero-order valence-corrected chi connectivity index (χ0v) is 15.7. The average molecular weight is 400 g/mol. The summed E-state index contributed by atoms with van der Waals surface area (Å²) in [4.78, 5) is 14.4. The third-order valence-corrected chi connectivity index (χ3v) is 6.33. The maximum Gasteiger partial charge on any atom is 0.308 e. The maximum absolute atomic E-state index is 12.1. The van der Waals surface area contributed by atoms with Crippen LogP contribution in [0.4, 0.5) is 0 Å². The van der Waals surface area contributed by atoms with Gasteiger partial charge in [-0.1, -0.05) is 52.3 Å². The number of hydrogen-bond acceptors (Lipinski definition) is 2. The molecular weight excluding hydrogens is 378 g/mol. The number of nitrogens with zero attached hydrogens (tertiary/aromatic N) is 1. The molecular formula is C21H22BrNO2. The molecule has 25 heavy (non-hydrogen) atoms. The Labute approximate surface area is 156 Å². The van der Waals surface area contributed by atoms with Crippen molar-refractivity contribution in [3.05, 3.63) is 69.7 Å². The van der Waals surface area contributed by atoms with E-state index in [1.54, 1.807) is 0 Å². The lowest BCUT2D eigenvalue weighted by Gasteiger charge is -2.39. The molecule has 1 fully saturated rings. The summed E-state index contributed by atoms with van der Waals surface area (Å²) in [6.07, 6.45) is 3.07. The first-order valence-electron chi connectivity index (χ1n) is 8.86. The van der Waals surface area contributed by atoms with E-state index >= 15 is 0 Å². The van der Waals surface area contributed by atoms with Gasteiger partial charge < -0.3 is 5.11 Å². The summed E-state index contributed by atoms with van der Waals surface area (Å²) in [5.74, 6) is -0.997. The summed E-state index contributed by atoms with van der Waals surface area (Å²) >= 11 is 3.56. The summed E-state index contributed by atoms with van der Waals surface area (Å²) < 4.78 is 1.08. The number of fused-ring (bicyclic) bond motifs is 2. The van der Waals surface area contributed by atoms with E-state index in [-0.39, 0.29) is 11.3 Å². The molecule has 0 aromatic heterocycles. The minimum absolute atomic E-state index is 0.255. The highest BCUT2D eigenvalue weighted by molar-refractivity contribution is 9.10. The van der Waals surface area contributed by atoms with Gasteiger partial charge >= 0.3 is 5.97 Å². The van der Waals surface area contributed by atoms with Crippen LogP contribution in [0.25, 0.3) is 0 Å². The van der Waals surface area contributed by atoms with Crippen molar-refractivity contribution in [2.75, 3.05) is 13.1 Å². The number of carboxylic acids is 1. The minimum Gasteiger partial charge on any atom is -0.481 e. The van der Waals surface area contributed by atoms with Crippen LogP contribution in [0, 0.1) is 5.92 Å². The Kier molecular flexibility index (Phi) is 4.42. The molecule has 2 atom stereocenters. The van der Waals surface area contributed by atoms with Crippen LogP contribution < -0.4 is 0 Å². The van der Waals surface area contributed by atoms with Crippen LogP contribution in [0.5, 0.6) is 0 Å². The van der Waals surface area contributed by atoms with Crippen molar-refractivity contribution < 1.29 is 9.90 Å². The number of benzene rings is 2. The van der Waals surface area contributed by atoms with E-state index in [2.05, 4.69) is 51.2 Å². The molecule has 130 valence electrons. The van der Waals surface area contributed by atoms with Gasteiger partial charge in [0.2, 0.25) is 0 Å². The number of rotatable bonds is 3. The molecule has 3 nitrogen and oxygen atoms in total. The van der Waals surface area contributed by atoms with E-state index in [0.717, 1.165) is 36.8 Å². The molecule has 1 N–H and O–H groups in total. The van der Waals surface area contributed by atoms with Crippen molar-refractivity contribution in [3.8, 4) is 0 Å². The summed E-state index contributed by atoms with van der Waals surface area (Å²) in [6.45, 7) is 2.27. The zero-order chi connectivity index (χ0) is 17.4. The molecule has 2 aliphatic rings. The topological polar surface area (TPSA) is 40.5 Å². The van der Waals surface area contributed by atoms with Gasteiger partial charge in [-0.05, 0) is 48.1 Å². The largest absolute Gasteiger partial charge is 0.481 e. The first-order valence-corrected chi connectivity index (χ1v) is 9.66. The second-order valence-corrected chi connectivity index (χ2v) is 8.27. The van der Waals surface area contributed by atoms with Crippen molar-refractivity contribution in [2.45, 2.75) is 31.2 Å². The Morgan fingerprint density at radius 2 is 2.04 bits per heavy atom. The molecule has 1 aliphatic heterocycles. The van der Waals surface area contributed by atoms with E-state index in [0.29, 0.717) is 6.54 Å². The number of carbonyl (C=O) groups is 1. The first kappa shape index (κ1) is 16.8. The Morgan fingerprint density at radius 1 is 1.24 bits per heavy atom. The SMILES string of the molecule is O=C(O)[C@@H]1CN(Cc2ccccc2)C[C@]12CCCc1cc(Br)ccc12. The normalized spacial score (nSPS) is 25.9. The monoisotopic (exact) mass is 399 g/mol. The van der Waals surface area contributed by atoms with Crippen LogP contribution in [0.1, 0.15) is 29.5 Å². The van der Waals surface area contributed by atoms with E-state index in [1.807, 2.05) is 18.2 Å². The second kappa shape index (κ2) is 6.58. The van der Waals surface area contributed by atoms with Crippen molar-refractivity contribution >= 4 is 21.9 Å². The highest BCUT2D eigenvalue weighted by Gasteiger charge is 2.52. The molecule has 0 radical (unpaired) electrons. The van der Waals surface area contributed by atoms with Crippen LogP contribution in [0.3, 0.4) is 0 Å². The highest BCUT2D eigenvalue weighted by Crippen LogP contribution is 2.48. The van der Waals surface area contributed by atoms with Gasteiger partial charge in [0, 0.05) is 29.5 Å². The molecule has 0 amide bonds. The van der Waals surface area contributed by atoms with Crippen LogP contribution in [0.15, 0.2) is 53.0 Å². The standard InChI is InChI=1S/C21H22BrNO2/c22-17-8-9-18-16(11-17)7-4-10-21(18)14-23(13-19(21)20(24)25)12-15-5-2-1-3-6-15/h1-3,5-6,8-9,11,19H,4,7,10,12-14H2,(H,24,25)/t19-,21-/m0/s1. The first-order chi connectivity index (χ1) is 12.1. The molecule has 1 aliphatic carbocycles. The summed E-state index contributed by atoms with van der Waals surface area (Å²) in [5, 5.41) is 9.96. The molecule has 2 aromatic carbocycles. The lowest BCUT2D eigenvalue weighted by atomic mass is 9.64. The minimum atomic E-state index is -0.661. The Morgan fingerprint density at radius 3 is 2.80 bits per heavy atom.